The van der Waals surface area contributed by atoms with Crippen molar-refractivity contribution in [3.05, 3.63) is 47.2 Å². The van der Waals surface area contributed by atoms with Gasteiger partial charge in [0, 0.05) is 51.7 Å². The van der Waals surface area contributed by atoms with E-state index >= 15 is 0 Å². The Morgan fingerprint density at radius 1 is 1.10 bits per heavy atom. The molecule has 0 unspecified atom stereocenters. The number of halogens is 1. The van der Waals surface area contributed by atoms with Crippen LogP contribution < -0.4 is 4.90 Å². The molecule has 156 valence electrons. The number of sulfonamides is 1. The molecule has 0 N–H and O–H groups in total. The normalized spacial score (nSPS) is 15.0. The van der Waals surface area contributed by atoms with Gasteiger partial charge < -0.3 is 9.80 Å². The highest BCUT2D eigenvalue weighted by molar-refractivity contribution is 7.89. The van der Waals surface area contributed by atoms with E-state index in [4.69, 9.17) is 11.6 Å². The van der Waals surface area contributed by atoms with Crippen LogP contribution in [0.5, 0.6) is 0 Å². The van der Waals surface area contributed by atoms with Gasteiger partial charge in [0.1, 0.15) is 0 Å². The van der Waals surface area contributed by atoms with Crippen molar-refractivity contribution in [1.82, 2.24) is 19.2 Å². The van der Waals surface area contributed by atoms with Gasteiger partial charge in [-0.1, -0.05) is 25.4 Å². The summed E-state index contributed by atoms with van der Waals surface area (Å²) in [7, 11) is -3.67. The van der Waals surface area contributed by atoms with Crippen molar-refractivity contribution in [3.8, 4) is 0 Å². The zero-order chi connectivity index (χ0) is 21.0. The van der Waals surface area contributed by atoms with Crippen molar-refractivity contribution in [3.63, 3.8) is 0 Å². The van der Waals surface area contributed by atoms with Crippen LogP contribution in [-0.4, -0.2) is 72.8 Å². The highest BCUT2D eigenvalue weighted by Gasteiger charge is 2.27. The number of piperazine rings is 1. The quantitative estimate of drug-likeness (QED) is 0.688. The summed E-state index contributed by atoms with van der Waals surface area (Å²) in [5, 5.41) is 0.238. The lowest BCUT2D eigenvalue weighted by molar-refractivity contribution is 0.0746. The number of hydrogen-bond acceptors (Lipinski definition) is 6. The fourth-order valence-electron chi connectivity index (χ4n) is 3.28. The van der Waals surface area contributed by atoms with Crippen molar-refractivity contribution < 1.29 is 13.2 Å². The summed E-state index contributed by atoms with van der Waals surface area (Å²) in [5.74, 6) is 0.352. The molecule has 1 aliphatic heterocycles. The van der Waals surface area contributed by atoms with Crippen LogP contribution in [0.25, 0.3) is 0 Å². The van der Waals surface area contributed by atoms with Gasteiger partial charge in [0.15, 0.2) is 0 Å². The summed E-state index contributed by atoms with van der Waals surface area (Å²) in [6.07, 6.45) is 3.36. The third kappa shape index (κ3) is 4.52. The van der Waals surface area contributed by atoms with E-state index in [0.717, 1.165) is 0 Å². The summed E-state index contributed by atoms with van der Waals surface area (Å²) >= 11 is 6.25. The van der Waals surface area contributed by atoms with Gasteiger partial charge in [-0.25, -0.2) is 18.4 Å². The molecule has 1 aromatic heterocycles. The molecule has 0 saturated carbocycles. The first kappa shape index (κ1) is 21.5. The van der Waals surface area contributed by atoms with Gasteiger partial charge in [0.25, 0.3) is 5.91 Å². The number of hydrogen-bond donors (Lipinski definition) is 0. The molecule has 0 aliphatic carbocycles. The van der Waals surface area contributed by atoms with Crippen LogP contribution in [0, 0.1) is 0 Å². The summed E-state index contributed by atoms with van der Waals surface area (Å²) in [4.78, 5) is 25.3. The second-order valence-electron chi connectivity index (χ2n) is 6.56. The fraction of sp³-hybridized carbons (Fsp3) is 0.421. The van der Waals surface area contributed by atoms with Crippen LogP contribution >= 0.6 is 11.6 Å². The predicted molar refractivity (Wildman–Crippen MR) is 112 cm³/mol. The van der Waals surface area contributed by atoms with Gasteiger partial charge >= 0.3 is 0 Å². The first-order valence-corrected chi connectivity index (χ1v) is 11.3. The largest absolute Gasteiger partial charge is 0.337 e. The van der Waals surface area contributed by atoms with Crippen LogP contribution in [0.1, 0.15) is 24.2 Å². The Morgan fingerprint density at radius 2 is 1.72 bits per heavy atom. The lowest BCUT2D eigenvalue weighted by Gasteiger charge is -2.34. The van der Waals surface area contributed by atoms with Crippen LogP contribution in [0.2, 0.25) is 5.02 Å². The molecule has 0 bridgehead atoms. The molecule has 29 heavy (non-hydrogen) atoms. The summed E-state index contributed by atoms with van der Waals surface area (Å²) in [6.45, 7) is 6.39. The van der Waals surface area contributed by atoms with Crippen LogP contribution in [-0.2, 0) is 10.0 Å². The van der Waals surface area contributed by atoms with Gasteiger partial charge in [0.05, 0.1) is 15.5 Å². The van der Waals surface area contributed by atoms with Gasteiger partial charge in [0.2, 0.25) is 16.0 Å². The molecule has 3 rings (SSSR count). The molecule has 0 atom stereocenters. The Morgan fingerprint density at radius 3 is 2.31 bits per heavy atom. The Kier molecular flexibility index (Phi) is 6.71. The van der Waals surface area contributed by atoms with Crippen LogP contribution in [0.15, 0.2) is 41.6 Å². The Bertz CT molecular complexity index is 959. The average molecular weight is 438 g/mol. The molecule has 1 saturated heterocycles. The van der Waals surface area contributed by atoms with E-state index in [2.05, 4.69) is 9.97 Å². The highest BCUT2D eigenvalue weighted by Crippen LogP contribution is 2.25. The second kappa shape index (κ2) is 9.06. The molecule has 1 fully saturated rings. The maximum absolute atomic E-state index is 13.0. The van der Waals surface area contributed by atoms with Crippen molar-refractivity contribution >= 4 is 33.5 Å². The lowest BCUT2D eigenvalue weighted by atomic mass is 10.2. The van der Waals surface area contributed by atoms with E-state index in [0.29, 0.717) is 45.2 Å². The topological polar surface area (TPSA) is 86.7 Å². The minimum atomic E-state index is -3.67. The molecule has 2 heterocycles. The number of benzene rings is 1. The van der Waals surface area contributed by atoms with E-state index in [1.165, 1.54) is 22.5 Å². The minimum absolute atomic E-state index is 0.0743. The molecule has 8 nitrogen and oxygen atoms in total. The van der Waals surface area contributed by atoms with Crippen molar-refractivity contribution in [1.29, 1.82) is 0 Å². The molecule has 0 radical (unpaired) electrons. The zero-order valence-corrected chi connectivity index (χ0v) is 18.0. The van der Waals surface area contributed by atoms with Gasteiger partial charge in [-0.05, 0) is 24.3 Å². The molecular weight excluding hydrogens is 414 g/mol. The Balaban J connectivity index is 1.78. The molecule has 1 aromatic carbocycles. The maximum atomic E-state index is 13.0. The fourth-order valence-corrected chi connectivity index (χ4v) is 4.96. The zero-order valence-electron chi connectivity index (χ0n) is 16.5. The predicted octanol–water partition coefficient (Wildman–Crippen LogP) is 2.12. The summed E-state index contributed by atoms with van der Waals surface area (Å²) in [6, 6.07) is 6.05. The first-order valence-electron chi connectivity index (χ1n) is 9.49. The molecule has 1 aliphatic rings. The van der Waals surface area contributed by atoms with Crippen LogP contribution in [0.3, 0.4) is 0 Å². The van der Waals surface area contributed by atoms with Crippen molar-refractivity contribution in [2.24, 2.45) is 0 Å². The smallest absolute Gasteiger partial charge is 0.255 e. The number of amides is 1. The SMILES string of the molecule is CCN(CC)S(=O)(=O)c1ccc(Cl)c(C(=O)N2CCN(c3ncccn3)CC2)c1. The standard InChI is InChI=1S/C19H24ClN5O3S/c1-3-25(4-2)29(27,28)15-6-7-17(20)16(14-15)18(26)23-10-12-24(13-11-23)19-21-8-5-9-22-19/h5-9,14H,3-4,10-13H2,1-2H3. The molecule has 1 amide bonds. The number of anilines is 1. The molecule has 10 heteroatoms. The number of aromatic nitrogens is 2. The summed E-state index contributed by atoms with van der Waals surface area (Å²) in [5.41, 5.74) is 0.198. The number of nitrogens with zero attached hydrogens (tertiary/aromatic N) is 5. The van der Waals surface area contributed by atoms with E-state index < -0.39 is 10.0 Å². The summed E-state index contributed by atoms with van der Waals surface area (Å²) < 4.78 is 26.9. The molecule has 2 aromatic rings. The van der Waals surface area contributed by atoms with Crippen LogP contribution in [0.4, 0.5) is 5.95 Å². The third-order valence-electron chi connectivity index (χ3n) is 4.91. The monoisotopic (exact) mass is 437 g/mol. The second-order valence-corrected chi connectivity index (χ2v) is 8.90. The van der Waals surface area contributed by atoms with Gasteiger partial charge in [-0.2, -0.15) is 4.31 Å². The van der Waals surface area contributed by atoms with E-state index in [-0.39, 0.29) is 21.4 Å². The number of rotatable bonds is 6. The Hall–Kier alpha value is -2.23. The van der Waals surface area contributed by atoms with E-state index in [1.54, 1.807) is 37.2 Å². The van der Waals surface area contributed by atoms with E-state index in [1.807, 2.05) is 4.90 Å². The number of carbonyl (C=O) groups is 1. The van der Waals surface area contributed by atoms with Gasteiger partial charge in [-0.3, -0.25) is 4.79 Å². The average Bonchev–Trinajstić information content (AvgIpc) is 2.75. The van der Waals surface area contributed by atoms with Gasteiger partial charge in [-0.15, -0.1) is 0 Å². The minimum Gasteiger partial charge on any atom is -0.337 e. The number of carbonyl (C=O) groups excluding carboxylic acids is 1. The van der Waals surface area contributed by atoms with Crippen molar-refractivity contribution in [2.75, 3.05) is 44.2 Å². The molecular formula is C19H24ClN5O3S. The Labute approximate surface area is 176 Å². The lowest BCUT2D eigenvalue weighted by Crippen LogP contribution is -2.49. The first-order chi connectivity index (χ1) is 13.9. The third-order valence-corrected chi connectivity index (χ3v) is 7.29. The molecule has 0 spiro atoms. The highest BCUT2D eigenvalue weighted by atomic mass is 35.5. The van der Waals surface area contributed by atoms with Crippen molar-refractivity contribution in [2.45, 2.75) is 18.7 Å². The van der Waals surface area contributed by atoms with E-state index in [9.17, 15) is 13.2 Å². The maximum Gasteiger partial charge on any atom is 0.255 e.